The molecule has 0 atom stereocenters. The third kappa shape index (κ3) is 3.40. The van der Waals surface area contributed by atoms with Gasteiger partial charge in [0.2, 0.25) is 0 Å². The standard InChI is InChI=1S/C20H21N3O2/c1-12-9-13(2)19(25-4)16(10-12)20(24)23-22-14(3)18-11-15-7-5-6-8-17(15)21-18/h5-11,21H,1-4H3,(H,23,24). The smallest absolute Gasteiger partial charge is 0.275 e. The zero-order chi connectivity index (χ0) is 18.0. The van der Waals surface area contributed by atoms with E-state index in [2.05, 4.69) is 15.5 Å². The molecule has 2 aromatic carbocycles. The number of aromatic nitrogens is 1. The summed E-state index contributed by atoms with van der Waals surface area (Å²) in [5.74, 6) is 0.278. The van der Waals surface area contributed by atoms with Gasteiger partial charge < -0.3 is 9.72 Å². The Bertz CT molecular complexity index is 937. The molecule has 0 aliphatic carbocycles. The molecule has 25 heavy (non-hydrogen) atoms. The molecule has 5 heteroatoms. The summed E-state index contributed by atoms with van der Waals surface area (Å²) in [5, 5.41) is 5.34. The van der Waals surface area contributed by atoms with Crippen LogP contribution in [0.3, 0.4) is 0 Å². The number of fused-ring (bicyclic) bond motifs is 1. The van der Waals surface area contributed by atoms with E-state index in [1.54, 1.807) is 13.2 Å². The summed E-state index contributed by atoms with van der Waals surface area (Å²) in [5.41, 5.74) is 7.63. The Hall–Kier alpha value is -3.08. The largest absolute Gasteiger partial charge is 0.496 e. The molecule has 0 spiro atoms. The van der Waals surface area contributed by atoms with Gasteiger partial charge in [0.1, 0.15) is 5.75 Å². The molecule has 0 bridgehead atoms. The highest BCUT2D eigenvalue weighted by atomic mass is 16.5. The quantitative estimate of drug-likeness (QED) is 0.560. The van der Waals surface area contributed by atoms with Crippen LogP contribution in [0.25, 0.3) is 10.9 Å². The number of aromatic amines is 1. The summed E-state index contributed by atoms with van der Waals surface area (Å²) < 4.78 is 5.37. The molecule has 0 saturated heterocycles. The van der Waals surface area contributed by atoms with E-state index >= 15 is 0 Å². The number of H-pyrrole nitrogens is 1. The van der Waals surface area contributed by atoms with Crippen LogP contribution in [-0.4, -0.2) is 23.7 Å². The molecule has 0 saturated carbocycles. The van der Waals surface area contributed by atoms with Crippen molar-refractivity contribution in [2.45, 2.75) is 20.8 Å². The van der Waals surface area contributed by atoms with Gasteiger partial charge in [0, 0.05) is 10.9 Å². The maximum Gasteiger partial charge on any atom is 0.275 e. The molecule has 0 aliphatic heterocycles. The molecule has 1 heterocycles. The molecule has 5 nitrogen and oxygen atoms in total. The molecule has 0 aliphatic rings. The number of rotatable bonds is 4. The van der Waals surface area contributed by atoms with Crippen LogP contribution < -0.4 is 10.2 Å². The molecule has 128 valence electrons. The monoisotopic (exact) mass is 335 g/mol. The van der Waals surface area contributed by atoms with Crippen molar-refractivity contribution in [2.24, 2.45) is 5.10 Å². The van der Waals surface area contributed by atoms with Crippen LogP contribution in [0.2, 0.25) is 0 Å². The van der Waals surface area contributed by atoms with Crippen molar-refractivity contribution in [1.29, 1.82) is 0 Å². The average Bonchev–Trinajstić information content (AvgIpc) is 3.03. The minimum Gasteiger partial charge on any atom is -0.496 e. The zero-order valence-electron chi connectivity index (χ0n) is 14.8. The summed E-state index contributed by atoms with van der Waals surface area (Å²) in [6, 6.07) is 13.8. The second-order valence-electron chi connectivity index (χ2n) is 6.07. The maximum absolute atomic E-state index is 12.5. The fraction of sp³-hybridized carbons (Fsp3) is 0.200. The second kappa shape index (κ2) is 6.81. The lowest BCUT2D eigenvalue weighted by Gasteiger charge is -2.11. The molecular formula is C20H21N3O2. The van der Waals surface area contributed by atoms with Gasteiger partial charge in [0.15, 0.2) is 0 Å². The minimum absolute atomic E-state index is 0.292. The van der Waals surface area contributed by atoms with Crippen LogP contribution in [0.5, 0.6) is 5.75 Å². The number of hydrazone groups is 1. The minimum atomic E-state index is -0.292. The normalized spacial score (nSPS) is 11.6. The first-order valence-corrected chi connectivity index (χ1v) is 8.07. The predicted molar refractivity (Wildman–Crippen MR) is 100 cm³/mol. The zero-order valence-corrected chi connectivity index (χ0v) is 14.8. The molecule has 0 unspecified atom stereocenters. The van der Waals surface area contributed by atoms with Crippen LogP contribution in [0.4, 0.5) is 0 Å². The highest BCUT2D eigenvalue weighted by Crippen LogP contribution is 2.25. The summed E-state index contributed by atoms with van der Waals surface area (Å²) in [7, 11) is 1.56. The SMILES string of the molecule is COc1c(C)cc(C)cc1C(=O)NN=C(C)c1cc2ccccc2[nH]1. The summed E-state index contributed by atoms with van der Waals surface area (Å²) in [6.07, 6.45) is 0. The van der Waals surface area contributed by atoms with Crippen molar-refractivity contribution in [3.8, 4) is 5.75 Å². The van der Waals surface area contributed by atoms with E-state index in [9.17, 15) is 4.79 Å². The first-order chi connectivity index (χ1) is 12.0. The lowest BCUT2D eigenvalue weighted by atomic mass is 10.1. The van der Waals surface area contributed by atoms with Crippen molar-refractivity contribution in [2.75, 3.05) is 7.11 Å². The Morgan fingerprint density at radius 2 is 1.92 bits per heavy atom. The van der Waals surface area contributed by atoms with Gasteiger partial charge >= 0.3 is 0 Å². The maximum atomic E-state index is 12.5. The Morgan fingerprint density at radius 1 is 1.16 bits per heavy atom. The molecule has 3 aromatic rings. The van der Waals surface area contributed by atoms with Crippen molar-refractivity contribution < 1.29 is 9.53 Å². The number of carbonyl (C=O) groups excluding carboxylic acids is 1. The average molecular weight is 335 g/mol. The van der Waals surface area contributed by atoms with Crippen molar-refractivity contribution in [1.82, 2.24) is 10.4 Å². The highest BCUT2D eigenvalue weighted by Gasteiger charge is 2.15. The van der Waals surface area contributed by atoms with Crippen LogP contribution in [0.15, 0.2) is 47.6 Å². The third-order valence-corrected chi connectivity index (χ3v) is 4.11. The lowest BCUT2D eigenvalue weighted by Crippen LogP contribution is -2.20. The van der Waals surface area contributed by atoms with Crippen LogP contribution >= 0.6 is 0 Å². The molecular weight excluding hydrogens is 314 g/mol. The van der Waals surface area contributed by atoms with Gasteiger partial charge in [-0.15, -0.1) is 0 Å². The van der Waals surface area contributed by atoms with E-state index in [-0.39, 0.29) is 5.91 Å². The van der Waals surface area contributed by atoms with Crippen molar-refractivity contribution >= 4 is 22.5 Å². The highest BCUT2D eigenvalue weighted by molar-refractivity contribution is 6.03. The van der Waals surface area contributed by atoms with Gasteiger partial charge in [-0.05, 0) is 50.1 Å². The number of benzene rings is 2. The molecule has 0 radical (unpaired) electrons. The first kappa shape index (κ1) is 16.8. The topological polar surface area (TPSA) is 66.5 Å². The Morgan fingerprint density at radius 3 is 2.64 bits per heavy atom. The Labute approximate surface area is 146 Å². The summed E-state index contributed by atoms with van der Waals surface area (Å²) >= 11 is 0. The third-order valence-electron chi connectivity index (χ3n) is 4.11. The summed E-state index contributed by atoms with van der Waals surface area (Å²) in [4.78, 5) is 15.8. The number of nitrogens with one attached hydrogen (secondary N) is 2. The van der Waals surface area contributed by atoms with Gasteiger partial charge in [-0.2, -0.15) is 5.10 Å². The van der Waals surface area contributed by atoms with E-state index in [0.29, 0.717) is 17.0 Å². The number of ether oxygens (including phenoxy) is 1. The number of hydrogen-bond acceptors (Lipinski definition) is 3. The van der Waals surface area contributed by atoms with Crippen LogP contribution in [0.1, 0.15) is 34.1 Å². The van der Waals surface area contributed by atoms with Crippen LogP contribution in [-0.2, 0) is 0 Å². The van der Waals surface area contributed by atoms with E-state index in [4.69, 9.17) is 4.74 Å². The second-order valence-corrected chi connectivity index (χ2v) is 6.07. The number of nitrogens with zero attached hydrogens (tertiary/aromatic N) is 1. The number of amides is 1. The lowest BCUT2D eigenvalue weighted by molar-refractivity contribution is 0.0951. The van der Waals surface area contributed by atoms with Gasteiger partial charge in [-0.25, -0.2) is 5.43 Å². The number of carbonyl (C=O) groups is 1. The Balaban J connectivity index is 1.84. The Kier molecular flexibility index (Phi) is 4.57. The van der Waals surface area contributed by atoms with Gasteiger partial charge in [0.25, 0.3) is 5.91 Å². The van der Waals surface area contributed by atoms with E-state index in [0.717, 1.165) is 27.7 Å². The first-order valence-electron chi connectivity index (χ1n) is 8.07. The van der Waals surface area contributed by atoms with E-state index < -0.39 is 0 Å². The molecule has 2 N–H and O–H groups in total. The molecule has 1 amide bonds. The van der Waals surface area contributed by atoms with Crippen molar-refractivity contribution in [3.05, 3.63) is 64.8 Å². The van der Waals surface area contributed by atoms with Gasteiger partial charge in [-0.1, -0.05) is 24.3 Å². The number of methoxy groups -OCH3 is 1. The number of hydrogen-bond donors (Lipinski definition) is 2. The summed E-state index contributed by atoms with van der Waals surface area (Å²) in [6.45, 7) is 5.72. The number of aryl methyl sites for hydroxylation is 2. The molecule has 0 fully saturated rings. The van der Waals surface area contributed by atoms with E-state index in [1.165, 1.54) is 0 Å². The fourth-order valence-corrected chi connectivity index (χ4v) is 2.92. The van der Waals surface area contributed by atoms with Gasteiger partial charge in [0.05, 0.1) is 24.1 Å². The number of para-hydroxylation sites is 1. The van der Waals surface area contributed by atoms with Crippen molar-refractivity contribution in [3.63, 3.8) is 0 Å². The van der Waals surface area contributed by atoms with Crippen LogP contribution in [0, 0.1) is 13.8 Å². The molecule has 3 rings (SSSR count). The van der Waals surface area contributed by atoms with Gasteiger partial charge in [-0.3, -0.25) is 4.79 Å². The molecule has 1 aromatic heterocycles. The predicted octanol–water partition coefficient (Wildman–Crippen LogP) is 3.95. The fourth-order valence-electron chi connectivity index (χ4n) is 2.92. The van der Waals surface area contributed by atoms with E-state index in [1.807, 2.05) is 57.2 Å².